The van der Waals surface area contributed by atoms with Crippen molar-refractivity contribution in [2.75, 3.05) is 6.61 Å². The Balaban J connectivity index is 2.29. The van der Waals surface area contributed by atoms with Gasteiger partial charge in [0.1, 0.15) is 6.10 Å². The van der Waals surface area contributed by atoms with E-state index in [0.29, 0.717) is 0 Å². The summed E-state index contributed by atoms with van der Waals surface area (Å²) in [5.74, 6) is -2.45. The van der Waals surface area contributed by atoms with Crippen LogP contribution in [0.3, 0.4) is 0 Å². The summed E-state index contributed by atoms with van der Waals surface area (Å²) in [4.78, 5) is 34.4. The fourth-order valence-corrected chi connectivity index (χ4v) is 3.85. The van der Waals surface area contributed by atoms with E-state index in [1.165, 1.54) is 12.1 Å². The van der Waals surface area contributed by atoms with Gasteiger partial charge in [-0.1, -0.05) is 17.7 Å². The summed E-state index contributed by atoms with van der Waals surface area (Å²) in [6.45, 7) is 4.28. The van der Waals surface area contributed by atoms with Gasteiger partial charge in [0, 0.05) is 20.8 Å². The molecular formula is C19H24O11S. The van der Waals surface area contributed by atoms with E-state index in [2.05, 4.69) is 0 Å². The predicted molar refractivity (Wildman–Crippen MR) is 102 cm³/mol. The minimum Gasteiger partial charge on any atom is -0.456 e. The lowest BCUT2D eigenvalue weighted by Gasteiger charge is -2.42. The fourth-order valence-electron chi connectivity index (χ4n) is 2.94. The molecule has 1 saturated heterocycles. The molecule has 1 aliphatic heterocycles. The van der Waals surface area contributed by atoms with Crippen molar-refractivity contribution in [2.45, 2.75) is 63.3 Å². The van der Waals surface area contributed by atoms with Crippen LogP contribution in [0.25, 0.3) is 0 Å². The molecule has 2 rings (SSSR count). The van der Waals surface area contributed by atoms with E-state index in [1.54, 1.807) is 19.1 Å². The summed E-state index contributed by atoms with van der Waals surface area (Å²) < 4.78 is 50.5. The quantitative estimate of drug-likeness (QED) is 0.338. The Bertz CT molecular complexity index is 909. The maximum Gasteiger partial charge on any atom is 0.303 e. The molecular weight excluding hydrogens is 436 g/mol. The number of carbonyl (C=O) groups is 3. The molecule has 1 heterocycles. The van der Waals surface area contributed by atoms with Gasteiger partial charge in [-0.15, -0.1) is 0 Å². The zero-order chi connectivity index (χ0) is 23.3. The number of aliphatic hydroxyl groups excluding tert-OH is 1. The van der Waals surface area contributed by atoms with Crippen LogP contribution in [0.15, 0.2) is 29.2 Å². The third-order valence-corrected chi connectivity index (χ3v) is 5.51. The van der Waals surface area contributed by atoms with Crippen molar-refractivity contribution in [3.8, 4) is 0 Å². The molecule has 172 valence electrons. The second-order valence-corrected chi connectivity index (χ2v) is 8.45. The molecule has 0 aliphatic carbocycles. The lowest BCUT2D eigenvalue weighted by molar-refractivity contribution is -0.294. The summed E-state index contributed by atoms with van der Waals surface area (Å²) in [5.41, 5.74) is 0.841. The molecule has 5 atom stereocenters. The lowest BCUT2D eigenvalue weighted by Crippen LogP contribution is -2.62. The summed E-state index contributed by atoms with van der Waals surface area (Å²) in [7, 11) is -4.21. The van der Waals surface area contributed by atoms with E-state index in [1.807, 2.05) is 0 Å². The molecule has 0 unspecified atom stereocenters. The number of ether oxygens (including phenoxy) is 4. The number of rotatable bonds is 7. The Morgan fingerprint density at radius 3 is 1.90 bits per heavy atom. The second-order valence-electron chi connectivity index (χ2n) is 6.84. The molecule has 0 saturated carbocycles. The van der Waals surface area contributed by atoms with Crippen molar-refractivity contribution in [3.05, 3.63) is 29.8 Å². The van der Waals surface area contributed by atoms with Crippen LogP contribution in [-0.2, 0) is 47.6 Å². The van der Waals surface area contributed by atoms with Gasteiger partial charge in [0.15, 0.2) is 24.6 Å². The topological polar surface area (TPSA) is 152 Å². The number of hydrogen-bond donors (Lipinski definition) is 1. The summed E-state index contributed by atoms with van der Waals surface area (Å²) in [5, 5.41) is 10.3. The number of esters is 3. The maximum atomic E-state index is 12.5. The van der Waals surface area contributed by atoms with E-state index in [4.69, 9.17) is 23.1 Å². The van der Waals surface area contributed by atoms with Crippen molar-refractivity contribution >= 4 is 28.0 Å². The molecule has 1 aromatic rings. The number of carbonyl (C=O) groups excluding carboxylic acids is 3. The average molecular weight is 460 g/mol. The fraction of sp³-hybridized carbons (Fsp3) is 0.526. The molecule has 31 heavy (non-hydrogen) atoms. The highest BCUT2D eigenvalue weighted by atomic mass is 32.2. The highest BCUT2D eigenvalue weighted by Gasteiger charge is 2.51. The van der Waals surface area contributed by atoms with Crippen LogP contribution < -0.4 is 0 Å². The molecule has 0 amide bonds. The van der Waals surface area contributed by atoms with E-state index in [-0.39, 0.29) is 4.90 Å². The first kappa shape index (κ1) is 24.7. The van der Waals surface area contributed by atoms with Gasteiger partial charge in [0.2, 0.25) is 0 Å². The standard InChI is InChI=1S/C19H24O11S/c1-10-5-7-14(8-6-10)31(24,25)26-9-15-16(27-11(2)20)17(28-12(3)21)18(19(23)30-15)29-13(4)22/h5-8,15-19,23H,9H2,1-4H3/t15-,16+,17-,18+,19+/m0/s1. The molecule has 1 aromatic carbocycles. The van der Waals surface area contributed by atoms with Crippen molar-refractivity contribution < 1.29 is 51.0 Å². The highest BCUT2D eigenvalue weighted by molar-refractivity contribution is 7.86. The number of benzene rings is 1. The molecule has 11 nitrogen and oxygen atoms in total. The van der Waals surface area contributed by atoms with E-state index in [0.717, 1.165) is 26.3 Å². The summed E-state index contributed by atoms with van der Waals surface area (Å²) in [6.07, 6.45) is -7.59. The van der Waals surface area contributed by atoms with Gasteiger partial charge >= 0.3 is 17.9 Å². The third kappa shape index (κ3) is 6.72. The molecule has 0 radical (unpaired) electrons. The Morgan fingerprint density at radius 1 is 0.903 bits per heavy atom. The van der Waals surface area contributed by atoms with Crippen LogP contribution in [0.2, 0.25) is 0 Å². The molecule has 1 fully saturated rings. The molecule has 0 bridgehead atoms. The molecule has 0 spiro atoms. The Kier molecular flexibility index (Phi) is 8.12. The smallest absolute Gasteiger partial charge is 0.303 e. The van der Waals surface area contributed by atoms with Crippen LogP contribution in [0.4, 0.5) is 0 Å². The lowest BCUT2D eigenvalue weighted by atomic mass is 9.98. The van der Waals surface area contributed by atoms with Gasteiger partial charge < -0.3 is 24.1 Å². The maximum absolute atomic E-state index is 12.5. The molecule has 0 aromatic heterocycles. The van der Waals surface area contributed by atoms with Crippen LogP contribution in [0.1, 0.15) is 26.3 Å². The van der Waals surface area contributed by atoms with Crippen LogP contribution in [0.5, 0.6) is 0 Å². The van der Waals surface area contributed by atoms with Crippen LogP contribution >= 0.6 is 0 Å². The van der Waals surface area contributed by atoms with Crippen molar-refractivity contribution in [3.63, 3.8) is 0 Å². The zero-order valence-electron chi connectivity index (χ0n) is 17.3. The number of aliphatic hydroxyl groups is 1. The van der Waals surface area contributed by atoms with Gasteiger partial charge in [0.25, 0.3) is 10.1 Å². The molecule has 12 heteroatoms. The highest BCUT2D eigenvalue weighted by Crippen LogP contribution is 2.29. The first-order valence-electron chi connectivity index (χ1n) is 9.22. The minimum absolute atomic E-state index is 0.118. The van der Waals surface area contributed by atoms with Gasteiger partial charge in [-0.25, -0.2) is 0 Å². The van der Waals surface area contributed by atoms with Crippen LogP contribution in [0, 0.1) is 6.92 Å². The van der Waals surface area contributed by atoms with E-state index in [9.17, 15) is 27.9 Å². The average Bonchev–Trinajstić information content (AvgIpc) is 2.65. The third-order valence-electron chi connectivity index (χ3n) is 4.21. The largest absolute Gasteiger partial charge is 0.456 e. The van der Waals surface area contributed by atoms with E-state index >= 15 is 0 Å². The summed E-state index contributed by atoms with van der Waals surface area (Å²) >= 11 is 0. The van der Waals surface area contributed by atoms with Crippen molar-refractivity contribution in [2.24, 2.45) is 0 Å². The van der Waals surface area contributed by atoms with Crippen molar-refractivity contribution in [1.82, 2.24) is 0 Å². The van der Waals surface area contributed by atoms with Gasteiger partial charge in [-0.3, -0.25) is 18.6 Å². The monoisotopic (exact) mass is 460 g/mol. The Hall–Kier alpha value is -2.54. The first-order chi connectivity index (χ1) is 14.4. The molecule has 1 N–H and O–H groups in total. The van der Waals surface area contributed by atoms with Crippen LogP contribution in [-0.4, -0.2) is 68.7 Å². The second kappa shape index (κ2) is 10.2. The SMILES string of the molecule is CC(=O)O[C@@H]1[C@@H](OC(C)=O)[C@H](O)O[C@@H](COS(=O)(=O)c2ccc(C)cc2)[C@H]1OC(C)=O. The van der Waals surface area contributed by atoms with Gasteiger partial charge in [0.05, 0.1) is 11.5 Å². The minimum atomic E-state index is -4.21. The number of hydrogen-bond acceptors (Lipinski definition) is 11. The normalized spacial score (nSPS) is 26.0. The predicted octanol–water partition coefficient (Wildman–Crippen LogP) is 0.213. The van der Waals surface area contributed by atoms with E-state index < -0.39 is 65.3 Å². The first-order valence-corrected chi connectivity index (χ1v) is 10.6. The number of aryl methyl sites for hydroxylation is 1. The van der Waals surface area contributed by atoms with Gasteiger partial charge in [-0.2, -0.15) is 8.42 Å². The molecule has 1 aliphatic rings. The zero-order valence-corrected chi connectivity index (χ0v) is 18.2. The Morgan fingerprint density at radius 2 is 1.39 bits per heavy atom. The van der Waals surface area contributed by atoms with Gasteiger partial charge in [-0.05, 0) is 19.1 Å². The Labute approximate surface area is 179 Å². The van der Waals surface area contributed by atoms with Crippen molar-refractivity contribution in [1.29, 1.82) is 0 Å². The summed E-state index contributed by atoms with van der Waals surface area (Å²) in [6, 6.07) is 5.87.